The van der Waals surface area contributed by atoms with Gasteiger partial charge in [0.1, 0.15) is 43.2 Å². The predicted molar refractivity (Wildman–Crippen MR) is 123 cm³/mol. The van der Waals surface area contributed by atoms with E-state index in [-0.39, 0.29) is 17.2 Å². The Kier molecular flexibility index (Phi) is 9.88. The highest BCUT2D eigenvalue weighted by Gasteiger charge is 2.60. The molecule has 1 aromatic carbocycles. The van der Waals surface area contributed by atoms with Crippen LogP contribution >= 0.6 is 0 Å². The number of aliphatic hydroxyl groups is 7. The normalized spacial score (nSPS) is 35.4. The van der Waals surface area contributed by atoms with Crippen LogP contribution in [0.2, 0.25) is 0 Å². The summed E-state index contributed by atoms with van der Waals surface area (Å²) in [6, 6.07) is 2.80. The van der Waals surface area contributed by atoms with Crippen molar-refractivity contribution in [3.63, 3.8) is 0 Å². The molecule has 0 unspecified atom stereocenters. The molecule has 38 heavy (non-hydrogen) atoms. The van der Waals surface area contributed by atoms with Crippen molar-refractivity contribution in [2.45, 2.75) is 54.8 Å². The van der Waals surface area contributed by atoms with Crippen molar-refractivity contribution in [2.75, 3.05) is 34.0 Å². The van der Waals surface area contributed by atoms with Crippen LogP contribution in [-0.4, -0.2) is 136 Å². The average molecular weight is 548 g/mol. The molecular formula is C23H32O15. The third kappa shape index (κ3) is 5.86. The Balaban J connectivity index is 1.84. The zero-order valence-electron chi connectivity index (χ0n) is 20.5. The maximum atomic E-state index is 12.7. The number of phenolic OH excluding ortho intramolecular Hbond substituents is 1. The summed E-state index contributed by atoms with van der Waals surface area (Å²) in [5.74, 6) is -3.58. The third-order valence-electron chi connectivity index (χ3n) is 6.20. The quantitative estimate of drug-likeness (QED) is 0.105. The summed E-state index contributed by atoms with van der Waals surface area (Å²) in [4.78, 5) is 12.7. The largest absolute Gasteiger partial charge is 0.502 e. The van der Waals surface area contributed by atoms with Crippen molar-refractivity contribution < 1.29 is 74.1 Å². The van der Waals surface area contributed by atoms with E-state index in [0.717, 1.165) is 6.08 Å². The van der Waals surface area contributed by atoms with Crippen molar-refractivity contribution in [1.82, 2.24) is 0 Å². The highest BCUT2D eigenvalue weighted by molar-refractivity contribution is 5.87. The van der Waals surface area contributed by atoms with E-state index in [1.807, 2.05) is 0 Å². The van der Waals surface area contributed by atoms with Crippen molar-refractivity contribution in [2.24, 2.45) is 0 Å². The smallest absolute Gasteiger partial charge is 0.331 e. The number of rotatable bonds is 10. The first kappa shape index (κ1) is 30.0. The van der Waals surface area contributed by atoms with E-state index in [1.165, 1.54) is 32.4 Å². The fraction of sp³-hybridized carbons (Fsp3) is 0.609. The van der Waals surface area contributed by atoms with Crippen LogP contribution in [0.4, 0.5) is 0 Å². The fourth-order valence-corrected chi connectivity index (χ4v) is 4.11. The molecule has 0 bridgehead atoms. The van der Waals surface area contributed by atoms with Gasteiger partial charge in [-0.15, -0.1) is 0 Å². The molecule has 0 spiro atoms. The van der Waals surface area contributed by atoms with Gasteiger partial charge in [0, 0.05) is 6.08 Å². The second kappa shape index (κ2) is 12.5. The zero-order chi connectivity index (χ0) is 28.2. The molecule has 9 atom stereocenters. The Morgan fingerprint density at radius 1 is 0.947 bits per heavy atom. The van der Waals surface area contributed by atoms with Gasteiger partial charge in [-0.05, 0) is 23.8 Å². The highest BCUT2D eigenvalue weighted by atomic mass is 16.8. The standard InChI is InChI=1S/C23H32O15/c1-33-11-5-10(6-12(34-2)16(11)28)3-4-15(27)36-21-18(30)14(8-25)37-23(21,9-26)38-22-20(32)19(31)17(29)13(7-24)35-22/h3-6,13-14,17-22,24-26,28-32H,7-9H2,1-2H3/b4-3+/t13-,14-,17-,18-,19+,20-,21+,22-,23+/m1/s1. The molecule has 1 aromatic rings. The van der Waals surface area contributed by atoms with Gasteiger partial charge in [-0.1, -0.05) is 0 Å². The van der Waals surface area contributed by atoms with Crippen molar-refractivity contribution >= 4 is 12.0 Å². The number of esters is 1. The van der Waals surface area contributed by atoms with E-state index in [0.29, 0.717) is 5.56 Å². The van der Waals surface area contributed by atoms with Crippen molar-refractivity contribution in [3.8, 4) is 17.2 Å². The Morgan fingerprint density at radius 3 is 2.08 bits per heavy atom. The van der Waals surface area contributed by atoms with E-state index in [1.54, 1.807) is 0 Å². The molecule has 3 rings (SSSR count). The first-order chi connectivity index (χ1) is 18.0. The Morgan fingerprint density at radius 2 is 1.55 bits per heavy atom. The van der Waals surface area contributed by atoms with Crippen molar-refractivity contribution in [3.05, 3.63) is 23.8 Å². The molecule has 0 aromatic heterocycles. The zero-order valence-corrected chi connectivity index (χ0v) is 20.5. The van der Waals surface area contributed by atoms with Gasteiger partial charge in [-0.25, -0.2) is 4.79 Å². The van der Waals surface area contributed by atoms with Crippen LogP contribution in [-0.2, 0) is 23.7 Å². The van der Waals surface area contributed by atoms with E-state index in [9.17, 15) is 45.6 Å². The van der Waals surface area contributed by atoms with Crippen LogP contribution in [0.5, 0.6) is 17.2 Å². The SMILES string of the molecule is COc1cc(/C=C/C(=O)O[C@H]2[C@H](O)[C@@H](CO)O[C@@]2(CO)O[C@H]2O[C@H](CO)[C@@H](O)[C@H](O)[C@H]2O)cc(OC)c1O. The Hall–Kier alpha value is -2.57. The minimum atomic E-state index is -2.39. The average Bonchev–Trinajstić information content (AvgIpc) is 3.18. The highest BCUT2D eigenvalue weighted by Crippen LogP contribution is 2.39. The molecule has 15 nitrogen and oxygen atoms in total. The maximum absolute atomic E-state index is 12.7. The summed E-state index contributed by atoms with van der Waals surface area (Å²) >= 11 is 0. The topological polar surface area (TPSA) is 234 Å². The van der Waals surface area contributed by atoms with Crippen LogP contribution in [0.25, 0.3) is 6.08 Å². The van der Waals surface area contributed by atoms with Crippen LogP contribution in [0.15, 0.2) is 18.2 Å². The molecule has 214 valence electrons. The van der Waals surface area contributed by atoms with E-state index < -0.39 is 80.6 Å². The van der Waals surface area contributed by atoms with E-state index in [4.69, 9.17) is 28.4 Å². The number of benzene rings is 1. The molecule has 2 fully saturated rings. The number of aliphatic hydroxyl groups excluding tert-OH is 7. The molecule has 0 saturated carbocycles. The molecule has 2 aliphatic rings. The number of aromatic hydroxyl groups is 1. The molecule has 0 amide bonds. The first-order valence-corrected chi connectivity index (χ1v) is 11.4. The molecule has 2 heterocycles. The van der Waals surface area contributed by atoms with Gasteiger partial charge in [-0.2, -0.15) is 0 Å². The number of hydrogen-bond donors (Lipinski definition) is 8. The molecule has 15 heteroatoms. The summed E-state index contributed by atoms with van der Waals surface area (Å²) in [5, 5.41) is 80.1. The number of hydrogen-bond acceptors (Lipinski definition) is 15. The number of phenols is 1. The Labute approximate surface area is 216 Å². The monoisotopic (exact) mass is 548 g/mol. The predicted octanol–water partition coefficient (Wildman–Crippen LogP) is -3.41. The molecule has 2 aliphatic heterocycles. The first-order valence-electron chi connectivity index (χ1n) is 11.4. The minimum Gasteiger partial charge on any atom is -0.502 e. The maximum Gasteiger partial charge on any atom is 0.331 e. The van der Waals surface area contributed by atoms with Gasteiger partial charge < -0.3 is 69.3 Å². The lowest BCUT2D eigenvalue weighted by Gasteiger charge is -2.43. The summed E-state index contributed by atoms with van der Waals surface area (Å²) in [5.41, 5.74) is 0.357. The van der Waals surface area contributed by atoms with Crippen LogP contribution in [0.3, 0.4) is 0 Å². The van der Waals surface area contributed by atoms with Gasteiger partial charge in [0.05, 0.1) is 27.4 Å². The molecule has 8 N–H and O–H groups in total. The second-order valence-corrected chi connectivity index (χ2v) is 8.58. The summed E-state index contributed by atoms with van der Waals surface area (Å²) in [7, 11) is 2.64. The van der Waals surface area contributed by atoms with Gasteiger partial charge in [0.25, 0.3) is 0 Å². The Bertz CT molecular complexity index is 959. The summed E-state index contributed by atoms with van der Waals surface area (Å²) in [6.07, 6.45) is -11.3. The van der Waals surface area contributed by atoms with E-state index >= 15 is 0 Å². The van der Waals surface area contributed by atoms with Crippen molar-refractivity contribution in [1.29, 1.82) is 0 Å². The number of ether oxygens (including phenoxy) is 6. The van der Waals surface area contributed by atoms with Gasteiger partial charge in [-0.3, -0.25) is 0 Å². The van der Waals surface area contributed by atoms with E-state index in [2.05, 4.69) is 0 Å². The fourth-order valence-electron chi connectivity index (χ4n) is 4.11. The molecule has 2 saturated heterocycles. The van der Waals surface area contributed by atoms with Gasteiger partial charge in [0.2, 0.25) is 11.5 Å². The molecule has 0 radical (unpaired) electrons. The minimum absolute atomic E-state index is 0.0648. The number of carbonyl (C=O) groups is 1. The van der Waals surface area contributed by atoms with Gasteiger partial charge >= 0.3 is 5.97 Å². The van der Waals surface area contributed by atoms with Crippen LogP contribution in [0, 0.1) is 0 Å². The lowest BCUT2D eigenvalue weighted by Crippen LogP contribution is -2.63. The number of carbonyl (C=O) groups excluding carboxylic acids is 1. The number of methoxy groups -OCH3 is 2. The second-order valence-electron chi connectivity index (χ2n) is 8.58. The molecular weight excluding hydrogens is 516 g/mol. The van der Waals surface area contributed by atoms with Crippen LogP contribution in [0.1, 0.15) is 5.56 Å². The third-order valence-corrected chi connectivity index (χ3v) is 6.20. The summed E-state index contributed by atoms with van der Waals surface area (Å²) in [6.45, 7) is -2.63. The molecule has 0 aliphatic carbocycles. The van der Waals surface area contributed by atoms with Crippen LogP contribution < -0.4 is 9.47 Å². The summed E-state index contributed by atoms with van der Waals surface area (Å²) < 4.78 is 31.7. The lowest BCUT2D eigenvalue weighted by molar-refractivity contribution is -0.383. The van der Waals surface area contributed by atoms with Gasteiger partial charge in [0.15, 0.2) is 23.9 Å². The lowest BCUT2D eigenvalue weighted by atomic mass is 9.99.